The van der Waals surface area contributed by atoms with E-state index in [9.17, 15) is 0 Å². The van der Waals surface area contributed by atoms with Crippen LogP contribution < -0.4 is 5.43 Å². The summed E-state index contributed by atoms with van der Waals surface area (Å²) < 4.78 is 2.01. The normalized spacial score (nSPS) is 12.0. The number of hydrogen-bond donors (Lipinski definition) is 1. The van der Waals surface area contributed by atoms with E-state index in [-0.39, 0.29) is 0 Å². The van der Waals surface area contributed by atoms with Gasteiger partial charge in [0.05, 0.1) is 16.7 Å². The molecule has 0 aliphatic rings. The third kappa shape index (κ3) is 2.42. The molecule has 0 amide bonds. The van der Waals surface area contributed by atoms with Gasteiger partial charge in [0.25, 0.3) is 0 Å². The SMILES string of the molecule is CC(=NNc1nc2ccccc2n1C)c1cccc2ccccc12. The molecular formula is C20H18N4. The minimum Gasteiger partial charge on any atom is -0.312 e. The highest BCUT2D eigenvalue weighted by Gasteiger charge is 2.07. The molecule has 4 aromatic rings. The molecule has 4 rings (SSSR count). The van der Waals surface area contributed by atoms with Gasteiger partial charge in [-0.1, -0.05) is 54.6 Å². The summed E-state index contributed by atoms with van der Waals surface area (Å²) in [6.45, 7) is 2.01. The Morgan fingerprint density at radius 2 is 1.71 bits per heavy atom. The van der Waals surface area contributed by atoms with E-state index in [2.05, 4.69) is 64.0 Å². The van der Waals surface area contributed by atoms with E-state index in [0.717, 1.165) is 28.3 Å². The third-order valence-corrected chi connectivity index (χ3v) is 4.29. The van der Waals surface area contributed by atoms with Gasteiger partial charge in [0, 0.05) is 12.6 Å². The van der Waals surface area contributed by atoms with Crippen molar-refractivity contribution in [1.29, 1.82) is 0 Å². The van der Waals surface area contributed by atoms with Gasteiger partial charge in [-0.25, -0.2) is 10.4 Å². The highest BCUT2D eigenvalue weighted by atomic mass is 15.4. The van der Waals surface area contributed by atoms with Crippen LogP contribution in [0.1, 0.15) is 12.5 Å². The molecular weight excluding hydrogens is 296 g/mol. The zero-order chi connectivity index (χ0) is 16.5. The molecule has 0 atom stereocenters. The van der Waals surface area contributed by atoms with Crippen molar-refractivity contribution >= 4 is 33.5 Å². The number of nitrogens with zero attached hydrogens (tertiary/aromatic N) is 3. The largest absolute Gasteiger partial charge is 0.312 e. The summed E-state index contributed by atoms with van der Waals surface area (Å²) in [7, 11) is 1.99. The molecule has 0 aliphatic carbocycles. The lowest BCUT2D eigenvalue weighted by atomic mass is 10.0. The second-order valence-electron chi connectivity index (χ2n) is 5.82. The second-order valence-corrected chi connectivity index (χ2v) is 5.82. The zero-order valence-corrected chi connectivity index (χ0v) is 13.7. The van der Waals surface area contributed by atoms with Crippen LogP contribution in [0.15, 0.2) is 71.8 Å². The molecule has 0 bridgehead atoms. The summed E-state index contributed by atoms with van der Waals surface area (Å²) in [5, 5.41) is 6.97. The van der Waals surface area contributed by atoms with Gasteiger partial charge in [0.2, 0.25) is 5.95 Å². The molecule has 1 heterocycles. The fraction of sp³-hybridized carbons (Fsp3) is 0.100. The van der Waals surface area contributed by atoms with Crippen LogP contribution in [0.3, 0.4) is 0 Å². The predicted octanol–water partition coefficient (Wildman–Crippen LogP) is 4.56. The number of aryl methyl sites for hydroxylation is 1. The van der Waals surface area contributed by atoms with Crippen molar-refractivity contribution in [2.45, 2.75) is 6.92 Å². The van der Waals surface area contributed by atoms with Crippen LogP contribution in [-0.2, 0) is 7.05 Å². The molecule has 0 fully saturated rings. The van der Waals surface area contributed by atoms with Gasteiger partial charge in [0.1, 0.15) is 0 Å². The lowest BCUT2D eigenvalue weighted by Gasteiger charge is -2.07. The summed E-state index contributed by atoms with van der Waals surface area (Å²) >= 11 is 0. The maximum absolute atomic E-state index is 4.58. The van der Waals surface area contributed by atoms with Crippen LogP contribution in [-0.4, -0.2) is 15.3 Å². The molecule has 0 aliphatic heterocycles. The average Bonchev–Trinajstić information content (AvgIpc) is 2.95. The van der Waals surface area contributed by atoms with Crippen molar-refractivity contribution in [2.24, 2.45) is 12.1 Å². The van der Waals surface area contributed by atoms with E-state index in [1.807, 2.05) is 36.7 Å². The topological polar surface area (TPSA) is 42.2 Å². The van der Waals surface area contributed by atoms with Crippen molar-refractivity contribution in [3.63, 3.8) is 0 Å². The molecule has 0 saturated heterocycles. The number of fused-ring (bicyclic) bond motifs is 2. The Balaban J connectivity index is 1.71. The Bertz CT molecular complexity index is 1050. The monoisotopic (exact) mass is 314 g/mol. The van der Waals surface area contributed by atoms with E-state index in [1.165, 1.54) is 10.8 Å². The number of anilines is 1. The standard InChI is InChI=1S/C20H18N4/c1-14(16-11-7-9-15-8-3-4-10-17(15)16)22-23-20-21-18-12-5-6-13-19(18)24(20)2/h3-13H,1-2H3,(H,21,23). The molecule has 4 heteroatoms. The van der Waals surface area contributed by atoms with Crippen LogP contribution >= 0.6 is 0 Å². The quantitative estimate of drug-likeness (QED) is 0.445. The van der Waals surface area contributed by atoms with Gasteiger partial charge in [-0.15, -0.1) is 0 Å². The number of nitrogens with one attached hydrogen (secondary N) is 1. The van der Waals surface area contributed by atoms with Crippen molar-refractivity contribution < 1.29 is 0 Å². The summed E-state index contributed by atoms with van der Waals surface area (Å²) in [4.78, 5) is 4.58. The van der Waals surface area contributed by atoms with Crippen molar-refractivity contribution in [3.8, 4) is 0 Å². The van der Waals surface area contributed by atoms with Gasteiger partial charge < -0.3 is 4.57 Å². The molecule has 24 heavy (non-hydrogen) atoms. The maximum Gasteiger partial charge on any atom is 0.224 e. The molecule has 118 valence electrons. The van der Waals surface area contributed by atoms with E-state index >= 15 is 0 Å². The van der Waals surface area contributed by atoms with E-state index in [1.54, 1.807) is 0 Å². The molecule has 0 radical (unpaired) electrons. The Morgan fingerprint density at radius 1 is 0.958 bits per heavy atom. The average molecular weight is 314 g/mol. The zero-order valence-electron chi connectivity index (χ0n) is 13.7. The van der Waals surface area contributed by atoms with Gasteiger partial charge in [0.15, 0.2) is 0 Å². The molecule has 3 aromatic carbocycles. The van der Waals surface area contributed by atoms with Gasteiger partial charge >= 0.3 is 0 Å². The Morgan fingerprint density at radius 3 is 2.58 bits per heavy atom. The maximum atomic E-state index is 4.58. The number of para-hydroxylation sites is 2. The number of hydrazone groups is 1. The van der Waals surface area contributed by atoms with E-state index in [4.69, 9.17) is 0 Å². The molecule has 0 saturated carbocycles. The molecule has 1 aromatic heterocycles. The summed E-state index contributed by atoms with van der Waals surface area (Å²) in [6, 6.07) is 22.7. The first kappa shape index (κ1) is 14.5. The smallest absolute Gasteiger partial charge is 0.224 e. The highest BCUT2D eigenvalue weighted by molar-refractivity contribution is 6.09. The number of hydrogen-bond acceptors (Lipinski definition) is 3. The first-order valence-electron chi connectivity index (χ1n) is 7.94. The number of rotatable bonds is 3. The Hall–Kier alpha value is -3.14. The first-order chi connectivity index (χ1) is 11.7. The number of aromatic nitrogens is 2. The van der Waals surface area contributed by atoms with Crippen LogP contribution in [0, 0.1) is 0 Å². The third-order valence-electron chi connectivity index (χ3n) is 4.29. The van der Waals surface area contributed by atoms with Crippen LogP contribution in [0.2, 0.25) is 0 Å². The van der Waals surface area contributed by atoms with Crippen molar-refractivity contribution in [2.75, 3.05) is 5.43 Å². The van der Waals surface area contributed by atoms with Crippen molar-refractivity contribution in [3.05, 3.63) is 72.3 Å². The van der Waals surface area contributed by atoms with Crippen molar-refractivity contribution in [1.82, 2.24) is 9.55 Å². The lowest BCUT2D eigenvalue weighted by Crippen LogP contribution is -2.04. The van der Waals surface area contributed by atoms with Crippen LogP contribution in [0.25, 0.3) is 21.8 Å². The number of benzene rings is 3. The van der Waals surface area contributed by atoms with E-state index in [0.29, 0.717) is 0 Å². The molecule has 4 nitrogen and oxygen atoms in total. The molecule has 1 N–H and O–H groups in total. The van der Waals surface area contributed by atoms with Crippen LogP contribution in [0.5, 0.6) is 0 Å². The minimum atomic E-state index is 0.732. The van der Waals surface area contributed by atoms with Crippen LogP contribution in [0.4, 0.5) is 5.95 Å². The first-order valence-corrected chi connectivity index (χ1v) is 7.94. The summed E-state index contributed by atoms with van der Waals surface area (Å²) in [5.41, 5.74) is 7.20. The summed E-state index contributed by atoms with van der Waals surface area (Å²) in [6.07, 6.45) is 0. The second kappa shape index (κ2) is 5.81. The molecule has 0 unspecified atom stereocenters. The van der Waals surface area contributed by atoms with E-state index < -0.39 is 0 Å². The Labute approximate surface area is 140 Å². The summed E-state index contributed by atoms with van der Waals surface area (Å²) in [5.74, 6) is 0.732. The highest BCUT2D eigenvalue weighted by Crippen LogP contribution is 2.20. The van der Waals surface area contributed by atoms with Gasteiger partial charge in [-0.05, 0) is 29.8 Å². The number of imidazole rings is 1. The lowest BCUT2D eigenvalue weighted by molar-refractivity contribution is 0.942. The minimum absolute atomic E-state index is 0.732. The fourth-order valence-corrected chi connectivity index (χ4v) is 2.98. The fourth-order valence-electron chi connectivity index (χ4n) is 2.98. The predicted molar refractivity (Wildman–Crippen MR) is 100 cm³/mol. The van der Waals surface area contributed by atoms with Gasteiger partial charge in [-0.3, -0.25) is 0 Å². The Kier molecular flexibility index (Phi) is 3.50. The molecule has 0 spiro atoms. The van der Waals surface area contributed by atoms with Gasteiger partial charge in [-0.2, -0.15) is 5.10 Å².